The van der Waals surface area contributed by atoms with Crippen molar-refractivity contribution >= 4 is 27.1 Å². The van der Waals surface area contributed by atoms with Crippen LogP contribution in [0.4, 0.5) is 5.69 Å². The first-order valence-electron chi connectivity index (χ1n) is 6.83. The van der Waals surface area contributed by atoms with Crippen LogP contribution in [-0.4, -0.2) is 32.3 Å². The van der Waals surface area contributed by atoms with Gasteiger partial charge in [0.05, 0.1) is 21.9 Å². The van der Waals surface area contributed by atoms with Crippen LogP contribution in [0.3, 0.4) is 0 Å². The van der Waals surface area contributed by atoms with E-state index in [1.54, 1.807) is 24.3 Å². The summed E-state index contributed by atoms with van der Waals surface area (Å²) in [7, 11) is -3.42. The van der Waals surface area contributed by atoms with E-state index in [1.165, 1.54) is 12.1 Å². The Hall–Kier alpha value is -2.47. The Morgan fingerprint density at radius 2 is 1.55 bits per heavy atom. The molecule has 4 rings (SSSR count). The molecule has 0 amide bonds. The van der Waals surface area contributed by atoms with Crippen LogP contribution in [0.2, 0.25) is 0 Å². The molecule has 110 valence electrons. The van der Waals surface area contributed by atoms with Crippen LogP contribution in [-0.2, 0) is 9.84 Å². The van der Waals surface area contributed by atoms with E-state index in [0.29, 0.717) is 11.1 Å². The Morgan fingerprint density at radius 3 is 2.27 bits per heavy atom. The molecule has 22 heavy (non-hydrogen) atoms. The van der Waals surface area contributed by atoms with Gasteiger partial charge in [-0.3, -0.25) is 9.59 Å². The number of benzene rings is 2. The molecule has 0 bridgehead atoms. The molecular formula is C16H11NO4S. The van der Waals surface area contributed by atoms with Crippen LogP contribution in [0.5, 0.6) is 0 Å². The van der Waals surface area contributed by atoms with Crippen molar-refractivity contribution in [3.8, 4) is 0 Å². The van der Waals surface area contributed by atoms with E-state index in [-0.39, 0.29) is 45.6 Å². The fraction of sp³-hybridized carbons (Fsp3) is 0.125. The molecule has 1 N–H and O–H groups in total. The second-order valence-corrected chi connectivity index (χ2v) is 7.39. The maximum absolute atomic E-state index is 12.7. The second kappa shape index (κ2) is 4.27. The molecule has 0 fully saturated rings. The van der Waals surface area contributed by atoms with Crippen molar-refractivity contribution in [3.63, 3.8) is 0 Å². The lowest BCUT2D eigenvalue weighted by Crippen LogP contribution is -2.29. The smallest absolute Gasteiger partial charge is 0.196 e. The van der Waals surface area contributed by atoms with Crippen LogP contribution in [0.15, 0.2) is 41.3 Å². The maximum atomic E-state index is 12.7. The van der Waals surface area contributed by atoms with E-state index >= 15 is 0 Å². The summed E-state index contributed by atoms with van der Waals surface area (Å²) in [6.45, 7) is 0.231. The van der Waals surface area contributed by atoms with Gasteiger partial charge in [0.25, 0.3) is 0 Å². The first-order valence-corrected chi connectivity index (χ1v) is 8.48. The standard InChI is InChI=1S/C16H11NO4S/c18-15-9-3-1-2-4-10(9)16(19)13-11(15)5-6-12-14(13)17-7-8-22(12,20)21/h1-6,17H,7-8H2. The van der Waals surface area contributed by atoms with E-state index in [0.717, 1.165) is 0 Å². The summed E-state index contributed by atoms with van der Waals surface area (Å²) >= 11 is 0. The number of sulfone groups is 1. The first-order chi connectivity index (χ1) is 10.5. The molecular weight excluding hydrogens is 302 g/mol. The third kappa shape index (κ3) is 1.61. The Kier molecular flexibility index (Phi) is 2.56. The van der Waals surface area contributed by atoms with Crippen LogP contribution >= 0.6 is 0 Å². The molecule has 0 radical (unpaired) electrons. The van der Waals surface area contributed by atoms with Crippen LogP contribution in [0.1, 0.15) is 31.8 Å². The predicted molar refractivity (Wildman–Crippen MR) is 80.3 cm³/mol. The van der Waals surface area contributed by atoms with Gasteiger partial charge < -0.3 is 5.32 Å². The second-order valence-electron chi connectivity index (χ2n) is 5.31. The van der Waals surface area contributed by atoms with Crippen LogP contribution in [0.25, 0.3) is 0 Å². The van der Waals surface area contributed by atoms with Crippen molar-refractivity contribution in [1.29, 1.82) is 0 Å². The number of nitrogens with one attached hydrogen (secondary N) is 1. The number of hydrogen-bond donors (Lipinski definition) is 1. The first kappa shape index (κ1) is 13.2. The number of hydrogen-bond acceptors (Lipinski definition) is 5. The highest BCUT2D eigenvalue weighted by molar-refractivity contribution is 7.91. The Balaban J connectivity index is 2.07. The monoisotopic (exact) mass is 313 g/mol. The molecule has 2 aliphatic rings. The van der Waals surface area contributed by atoms with E-state index < -0.39 is 9.84 Å². The van der Waals surface area contributed by atoms with E-state index in [2.05, 4.69) is 5.32 Å². The molecule has 0 spiro atoms. The molecule has 2 aromatic rings. The lowest BCUT2D eigenvalue weighted by Gasteiger charge is -2.25. The summed E-state index contributed by atoms with van der Waals surface area (Å²) in [4.78, 5) is 25.4. The quantitative estimate of drug-likeness (QED) is 0.683. The minimum Gasteiger partial charge on any atom is -0.382 e. The Bertz CT molecular complexity index is 960. The van der Waals surface area contributed by atoms with Gasteiger partial charge in [0, 0.05) is 23.2 Å². The summed E-state index contributed by atoms with van der Waals surface area (Å²) in [5.74, 6) is -0.582. The van der Waals surface area contributed by atoms with Gasteiger partial charge in [-0.05, 0) is 12.1 Å². The third-order valence-corrected chi connectivity index (χ3v) is 5.81. The average Bonchev–Trinajstić information content (AvgIpc) is 2.51. The highest BCUT2D eigenvalue weighted by atomic mass is 32.2. The summed E-state index contributed by atoms with van der Waals surface area (Å²) in [6, 6.07) is 9.45. The van der Waals surface area contributed by atoms with Crippen molar-refractivity contribution in [2.45, 2.75) is 4.90 Å². The van der Waals surface area contributed by atoms with Crippen molar-refractivity contribution in [2.75, 3.05) is 17.6 Å². The highest BCUT2D eigenvalue weighted by Gasteiger charge is 2.36. The summed E-state index contributed by atoms with van der Waals surface area (Å²) in [6.07, 6.45) is 0. The maximum Gasteiger partial charge on any atom is 0.196 e. The van der Waals surface area contributed by atoms with Gasteiger partial charge in [-0.15, -0.1) is 0 Å². The number of carbonyl (C=O) groups is 2. The molecule has 6 heteroatoms. The van der Waals surface area contributed by atoms with Crippen molar-refractivity contribution < 1.29 is 18.0 Å². The molecule has 0 atom stereocenters. The van der Waals surface area contributed by atoms with Gasteiger partial charge >= 0.3 is 0 Å². The van der Waals surface area contributed by atoms with E-state index in [4.69, 9.17) is 0 Å². The van der Waals surface area contributed by atoms with Crippen molar-refractivity contribution in [1.82, 2.24) is 0 Å². The minimum absolute atomic E-state index is 0.0164. The number of fused-ring (bicyclic) bond motifs is 4. The fourth-order valence-electron chi connectivity index (χ4n) is 3.02. The Labute approximate surface area is 126 Å². The highest BCUT2D eigenvalue weighted by Crippen LogP contribution is 2.37. The van der Waals surface area contributed by atoms with Gasteiger partial charge in [0.15, 0.2) is 21.4 Å². The SMILES string of the molecule is O=C1c2ccccc2C(=O)c2c1ccc1c2NCCS1(=O)=O. The van der Waals surface area contributed by atoms with Crippen LogP contribution in [0, 0.1) is 0 Å². The molecule has 1 aliphatic carbocycles. The average molecular weight is 313 g/mol. The largest absolute Gasteiger partial charge is 0.382 e. The molecule has 0 saturated heterocycles. The summed E-state index contributed by atoms with van der Waals surface area (Å²) in [5, 5.41) is 2.98. The number of ketones is 2. The number of carbonyl (C=O) groups excluding carboxylic acids is 2. The molecule has 2 aromatic carbocycles. The molecule has 0 saturated carbocycles. The predicted octanol–water partition coefficient (Wildman–Crippen LogP) is 1.66. The summed E-state index contributed by atoms with van der Waals surface area (Å²) < 4.78 is 24.3. The fourth-order valence-corrected chi connectivity index (χ4v) is 4.37. The normalized spacial score (nSPS) is 18.0. The lowest BCUT2D eigenvalue weighted by molar-refractivity contribution is 0.0979. The molecule has 1 heterocycles. The zero-order valence-corrected chi connectivity index (χ0v) is 12.2. The van der Waals surface area contributed by atoms with Crippen molar-refractivity contribution in [2.24, 2.45) is 0 Å². The summed E-state index contributed by atoms with van der Waals surface area (Å²) in [5.41, 5.74) is 1.37. The minimum atomic E-state index is -3.42. The van der Waals surface area contributed by atoms with Gasteiger partial charge in [0.2, 0.25) is 0 Å². The van der Waals surface area contributed by atoms with Gasteiger partial charge in [0.1, 0.15) is 0 Å². The van der Waals surface area contributed by atoms with Gasteiger partial charge in [-0.2, -0.15) is 0 Å². The number of rotatable bonds is 0. The molecule has 0 unspecified atom stereocenters. The molecule has 1 aliphatic heterocycles. The molecule has 0 aromatic heterocycles. The van der Waals surface area contributed by atoms with E-state index in [9.17, 15) is 18.0 Å². The molecule has 5 nitrogen and oxygen atoms in total. The van der Waals surface area contributed by atoms with Crippen molar-refractivity contribution in [3.05, 3.63) is 58.7 Å². The Morgan fingerprint density at radius 1 is 0.864 bits per heavy atom. The topological polar surface area (TPSA) is 80.3 Å². The van der Waals surface area contributed by atoms with Gasteiger partial charge in [-0.1, -0.05) is 24.3 Å². The zero-order valence-electron chi connectivity index (χ0n) is 11.4. The number of anilines is 1. The van der Waals surface area contributed by atoms with E-state index in [1.807, 2.05) is 0 Å². The lowest BCUT2D eigenvalue weighted by atomic mass is 9.83. The third-order valence-electron chi connectivity index (χ3n) is 4.06. The van der Waals surface area contributed by atoms with Crippen LogP contribution < -0.4 is 5.32 Å². The zero-order chi connectivity index (χ0) is 15.5. The van der Waals surface area contributed by atoms with Gasteiger partial charge in [-0.25, -0.2) is 8.42 Å².